The Hall–Kier alpha value is -3.27. The standard InChI is InChI=1S/C25H26F3NO5S/c1-24(2,3)15-23(30)29(17-21-7-5-13-33-21)16-18-9-11-20(12-10-18)34-35(31,32)22-8-4-6-19(14-22)25(26,27)28/h4-14H,15-17H2,1-3H3. The predicted molar refractivity (Wildman–Crippen MR) is 123 cm³/mol. The van der Waals surface area contributed by atoms with Crippen molar-refractivity contribution in [3.05, 3.63) is 83.8 Å². The van der Waals surface area contributed by atoms with E-state index in [9.17, 15) is 26.4 Å². The van der Waals surface area contributed by atoms with E-state index in [4.69, 9.17) is 8.60 Å². The molecule has 6 nitrogen and oxygen atoms in total. The lowest BCUT2D eigenvalue weighted by Crippen LogP contribution is -2.32. The lowest BCUT2D eigenvalue weighted by atomic mass is 9.91. The minimum Gasteiger partial charge on any atom is -0.467 e. The van der Waals surface area contributed by atoms with E-state index in [0.29, 0.717) is 23.8 Å². The Bertz CT molecular complexity index is 1250. The van der Waals surface area contributed by atoms with Gasteiger partial charge in [0.15, 0.2) is 0 Å². The summed E-state index contributed by atoms with van der Waals surface area (Å²) in [7, 11) is -4.48. The first-order valence-electron chi connectivity index (χ1n) is 10.7. The van der Waals surface area contributed by atoms with Crippen LogP contribution in [-0.4, -0.2) is 19.2 Å². The van der Waals surface area contributed by atoms with Crippen LogP contribution in [0.3, 0.4) is 0 Å². The second kappa shape index (κ2) is 10.2. The molecule has 1 aromatic heterocycles. The first-order chi connectivity index (χ1) is 16.2. The van der Waals surface area contributed by atoms with Crippen molar-refractivity contribution in [3.63, 3.8) is 0 Å². The zero-order valence-electron chi connectivity index (χ0n) is 19.5. The van der Waals surface area contributed by atoms with Gasteiger partial charge in [0, 0.05) is 13.0 Å². The number of benzene rings is 2. The van der Waals surface area contributed by atoms with E-state index in [0.717, 1.165) is 18.2 Å². The second-order valence-corrected chi connectivity index (χ2v) is 10.8. The van der Waals surface area contributed by atoms with Gasteiger partial charge in [-0.15, -0.1) is 0 Å². The highest BCUT2D eigenvalue weighted by Crippen LogP contribution is 2.31. The largest absolute Gasteiger partial charge is 0.467 e. The molecule has 0 radical (unpaired) electrons. The Balaban J connectivity index is 1.75. The fourth-order valence-electron chi connectivity index (χ4n) is 3.26. The number of hydrogen-bond acceptors (Lipinski definition) is 5. The van der Waals surface area contributed by atoms with Gasteiger partial charge in [0.05, 0.1) is 18.4 Å². The lowest BCUT2D eigenvalue weighted by Gasteiger charge is -2.26. The highest BCUT2D eigenvalue weighted by Gasteiger charge is 2.32. The van der Waals surface area contributed by atoms with E-state index in [1.54, 1.807) is 29.2 Å². The van der Waals surface area contributed by atoms with Gasteiger partial charge in [0.2, 0.25) is 5.91 Å². The van der Waals surface area contributed by atoms with Crippen LogP contribution in [0.25, 0.3) is 0 Å². The van der Waals surface area contributed by atoms with E-state index < -0.39 is 26.8 Å². The summed E-state index contributed by atoms with van der Waals surface area (Å²) in [6.45, 7) is 6.41. The molecule has 35 heavy (non-hydrogen) atoms. The maximum Gasteiger partial charge on any atom is 0.416 e. The zero-order valence-corrected chi connectivity index (χ0v) is 20.3. The second-order valence-electron chi connectivity index (χ2n) is 9.27. The van der Waals surface area contributed by atoms with Crippen molar-refractivity contribution < 1.29 is 35.0 Å². The van der Waals surface area contributed by atoms with Crippen LogP contribution in [0.4, 0.5) is 13.2 Å². The summed E-state index contributed by atoms with van der Waals surface area (Å²) in [6, 6.07) is 12.8. The van der Waals surface area contributed by atoms with Gasteiger partial charge in [0.25, 0.3) is 0 Å². The summed E-state index contributed by atoms with van der Waals surface area (Å²) in [5, 5.41) is 0. The van der Waals surface area contributed by atoms with Gasteiger partial charge >= 0.3 is 16.3 Å². The summed E-state index contributed by atoms with van der Waals surface area (Å²) in [5.74, 6) is 0.491. The van der Waals surface area contributed by atoms with Crippen LogP contribution in [0.2, 0.25) is 0 Å². The van der Waals surface area contributed by atoms with Gasteiger partial charge in [-0.3, -0.25) is 4.79 Å². The topological polar surface area (TPSA) is 76.8 Å². The monoisotopic (exact) mass is 509 g/mol. The van der Waals surface area contributed by atoms with Crippen molar-refractivity contribution in [2.24, 2.45) is 5.41 Å². The third-order valence-electron chi connectivity index (χ3n) is 4.91. The number of amides is 1. The van der Waals surface area contributed by atoms with E-state index in [1.165, 1.54) is 18.4 Å². The van der Waals surface area contributed by atoms with E-state index in [1.807, 2.05) is 20.8 Å². The Morgan fingerprint density at radius 1 is 0.971 bits per heavy atom. The Morgan fingerprint density at radius 3 is 2.23 bits per heavy atom. The molecule has 0 aliphatic heterocycles. The van der Waals surface area contributed by atoms with Crippen LogP contribution in [0.15, 0.2) is 76.2 Å². The van der Waals surface area contributed by atoms with Crippen molar-refractivity contribution in [3.8, 4) is 5.75 Å². The number of rotatable bonds is 8. The normalized spacial score (nSPS) is 12.4. The number of nitrogens with zero attached hydrogens (tertiary/aromatic N) is 1. The smallest absolute Gasteiger partial charge is 0.416 e. The molecule has 1 amide bonds. The van der Waals surface area contributed by atoms with Crippen molar-refractivity contribution in [1.82, 2.24) is 4.90 Å². The fourth-order valence-corrected chi connectivity index (χ4v) is 4.24. The number of halogens is 3. The Labute approximate surface area is 202 Å². The lowest BCUT2D eigenvalue weighted by molar-refractivity contribution is -0.137. The third kappa shape index (κ3) is 7.61. The van der Waals surface area contributed by atoms with Gasteiger partial charge in [0.1, 0.15) is 16.4 Å². The Morgan fingerprint density at radius 2 is 1.66 bits per heavy atom. The minimum atomic E-state index is -4.68. The molecule has 1 heterocycles. The van der Waals surface area contributed by atoms with Gasteiger partial charge in [-0.05, 0) is 53.4 Å². The van der Waals surface area contributed by atoms with E-state index in [-0.39, 0.29) is 30.2 Å². The summed E-state index contributed by atoms with van der Waals surface area (Å²) in [4.78, 5) is 13.9. The predicted octanol–water partition coefficient (Wildman–Crippen LogP) is 6.03. The van der Waals surface area contributed by atoms with Gasteiger partial charge in [-0.2, -0.15) is 21.6 Å². The van der Waals surface area contributed by atoms with Crippen LogP contribution in [-0.2, 0) is 34.2 Å². The number of furan rings is 1. The van der Waals surface area contributed by atoms with Crippen molar-refractivity contribution in [2.45, 2.75) is 51.4 Å². The maximum atomic E-state index is 12.9. The summed E-state index contributed by atoms with van der Waals surface area (Å²) in [5.41, 5.74) is -0.592. The number of alkyl halides is 3. The molecule has 0 unspecified atom stereocenters. The minimum absolute atomic E-state index is 0.0650. The van der Waals surface area contributed by atoms with Gasteiger partial charge in [-0.25, -0.2) is 0 Å². The van der Waals surface area contributed by atoms with E-state index in [2.05, 4.69) is 0 Å². The fraction of sp³-hybridized carbons (Fsp3) is 0.320. The van der Waals surface area contributed by atoms with Crippen LogP contribution >= 0.6 is 0 Å². The number of hydrogen-bond donors (Lipinski definition) is 0. The van der Waals surface area contributed by atoms with Gasteiger partial charge < -0.3 is 13.5 Å². The molecule has 0 fully saturated rings. The maximum absolute atomic E-state index is 12.9. The molecule has 0 N–H and O–H groups in total. The Kier molecular flexibility index (Phi) is 7.64. The van der Waals surface area contributed by atoms with Gasteiger partial charge in [-0.1, -0.05) is 39.0 Å². The molecular weight excluding hydrogens is 483 g/mol. The molecule has 0 aliphatic rings. The first kappa shape index (κ1) is 26.3. The summed E-state index contributed by atoms with van der Waals surface area (Å²) in [6.07, 6.45) is -2.83. The highest BCUT2D eigenvalue weighted by molar-refractivity contribution is 7.87. The molecule has 3 rings (SSSR count). The number of carbonyl (C=O) groups is 1. The summed E-state index contributed by atoms with van der Waals surface area (Å²) < 4.78 is 74.2. The average molecular weight is 510 g/mol. The molecular formula is C25H26F3NO5S. The molecule has 0 spiro atoms. The zero-order chi connectivity index (χ0) is 25.9. The number of carbonyl (C=O) groups excluding carboxylic acids is 1. The van der Waals surface area contributed by atoms with Crippen LogP contribution < -0.4 is 4.18 Å². The molecule has 0 saturated heterocycles. The van der Waals surface area contributed by atoms with Crippen LogP contribution in [0.5, 0.6) is 5.75 Å². The third-order valence-corrected chi connectivity index (χ3v) is 6.16. The van der Waals surface area contributed by atoms with Crippen LogP contribution in [0, 0.1) is 5.41 Å². The highest BCUT2D eigenvalue weighted by atomic mass is 32.2. The molecule has 10 heteroatoms. The average Bonchev–Trinajstić information content (AvgIpc) is 3.26. The van der Waals surface area contributed by atoms with Crippen molar-refractivity contribution in [2.75, 3.05) is 0 Å². The van der Waals surface area contributed by atoms with E-state index >= 15 is 0 Å². The molecule has 188 valence electrons. The molecule has 0 aliphatic carbocycles. The quantitative estimate of drug-likeness (QED) is 0.347. The molecule has 0 atom stereocenters. The molecule has 0 bridgehead atoms. The SMILES string of the molecule is CC(C)(C)CC(=O)N(Cc1ccc(OS(=O)(=O)c2cccc(C(F)(F)F)c2)cc1)Cc1ccco1. The molecule has 0 saturated carbocycles. The first-order valence-corrected chi connectivity index (χ1v) is 12.1. The molecule has 2 aromatic carbocycles. The summed E-state index contributed by atoms with van der Waals surface area (Å²) >= 11 is 0. The molecule has 3 aromatic rings. The van der Waals surface area contributed by atoms with Crippen molar-refractivity contribution >= 4 is 16.0 Å². The van der Waals surface area contributed by atoms with Crippen molar-refractivity contribution in [1.29, 1.82) is 0 Å². The van der Waals surface area contributed by atoms with Crippen LogP contribution in [0.1, 0.15) is 44.1 Å².